The van der Waals surface area contributed by atoms with Crippen molar-refractivity contribution < 1.29 is 26.5 Å². The zero-order valence-electron chi connectivity index (χ0n) is 12.6. The third-order valence-electron chi connectivity index (χ3n) is 2.54. The Bertz CT molecular complexity index is 544. The molecular formula is C13H18F4N2O2S. The van der Waals surface area contributed by atoms with Gasteiger partial charge in [-0.05, 0) is 39.3 Å². The Morgan fingerprint density at radius 2 is 1.95 bits per heavy atom. The van der Waals surface area contributed by atoms with Crippen LogP contribution in [0.4, 0.5) is 17.6 Å². The second kappa shape index (κ2) is 6.91. The molecule has 4 nitrogen and oxygen atoms in total. The molecule has 2 atom stereocenters. The van der Waals surface area contributed by atoms with Gasteiger partial charge < -0.3 is 4.74 Å². The monoisotopic (exact) mass is 342 g/mol. The number of rotatable bonds is 5. The van der Waals surface area contributed by atoms with Gasteiger partial charge in [0.05, 0.1) is 15.7 Å². The quantitative estimate of drug-likeness (QED) is 0.836. The van der Waals surface area contributed by atoms with Crippen molar-refractivity contribution in [3.63, 3.8) is 0 Å². The first kappa shape index (κ1) is 18.8. The van der Waals surface area contributed by atoms with Crippen LogP contribution in [-0.2, 0) is 11.0 Å². The molecule has 1 heterocycles. The van der Waals surface area contributed by atoms with Gasteiger partial charge in [0.1, 0.15) is 0 Å². The van der Waals surface area contributed by atoms with E-state index in [9.17, 15) is 21.8 Å². The van der Waals surface area contributed by atoms with E-state index in [1.807, 2.05) is 0 Å². The highest BCUT2D eigenvalue weighted by Crippen LogP contribution is 2.23. The predicted molar refractivity (Wildman–Crippen MR) is 75.2 cm³/mol. The molecule has 1 aromatic rings. The molecule has 0 radical (unpaired) electrons. The smallest absolute Gasteiger partial charge is 0.422 e. The normalized spacial score (nSPS) is 15.5. The summed E-state index contributed by atoms with van der Waals surface area (Å²) in [5, 5.41) is 0. The number of ether oxygens (including phenoxy) is 1. The van der Waals surface area contributed by atoms with Crippen LogP contribution in [0.2, 0.25) is 0 Å². The number of pyridine rings is 1. The van der Waals surface area contributed by atoms with Gasteiger partial charge >= 0.3 is 6.18 Å². The summed E-state index contributed by atoms with van der Waals surface area (Å²) in [7, 11) is -1.38. The Labute approximate surface area is 128 Å². The number of aromatic nitrogens is 1. The van der Waals surface area contributed by atoms with Crippen molar-refractivity contribution in [3.05, 3.63) is 23.6 Å². The number of alkyl halides is 3. The van der Waals surface area contributed by atoms with Gasteiger partial charge in [-0.25, -0.2) is 18.3 Å². The number of halogens is 4. The molecule has 0 saturated heterocycles. The van der Waals surface area contributed by atoms with Crippen LogP contribution in [0.3, 0.4) is 0 Å². The lowest BCUT2D eigenvalue weighted by atomic mass is 10.1. The van der Waals surface area contributed by atoms with E-state index in [0.29, 0.717) is 5.56 Å². The lowest BCUT2D eigenvalue weighted by molar-refractivity contribution is -0.154. The minimum Gasteiger partial charge on any atom is -0.466 e. The largest absolute Gasteiger partial charge is 0.466 e. The van der Waals surface area contributed by atoms with E-state index >= 15 is 0 Å². The summed E-state index contributed by atoms with van der Waals surface area (Å²) in [6.45, 7) is 5.36. The van der Waals surface area contributed by atoms with Gasteiger partial charge in [-0.3, -0.25) is 0 Å². The molecule has 1 unspecified atom stereocenters. The molecule has 9 heteroatoms. The highest BCUT2D eigenvalue weighted by molar-refractivity contribution is 7.84. The first-order chi connectivity index (χ1) is 9.90. The summed E-state index contributed by atoms with van der Waals surface area (Å²) < 4.78 is 68.3. The number of nitrogens with one attached hydrogen (secondary N) is 1. The molecule has 0 spiro atoms. The van der Waals surface area contributed by atoms with E-state index < -0.39 is 46.3 Å². The SMILES string of the molecule is CC(N[S@](=O)C(C)(C)C)c1cnc(OCC(F)(F)F)c(F)c1. The molecule has 0 aliphatic carbocycles. The van der Waals surface area contributed by atoms with E-state index in [1.165, 1.54) is 6.20 Å². The van der Waals surface area contributed by atoms with Crippen LogP contribution in [-0.4, -0.2) is 26.7 Å². The molecule has 0 bridgehead atoms. The first-order valence-electron chi connectivity index (χ1n) is 6.43. The van der Waals surface area contributed by atoms with Crippen LogP contribution in [0.15, 0.2) is 12.3 Å². The summed E-state index contributed by atoms with van der Waals surface area (Å²) in [6, 6.07) is 0.523. The van der Waals surface area contributed by atoms with Gasteiger partial charge in [0.25, 0.3) is 5.88 Å². The summed E-state index contributed by atoms with van der Waals surface area (Å²) in [6.07, 6.45) is -3.38. The zero-order valence-corrected chi connectivity index (χ0v) is 13.4. The second-order valence-corrected chi connectivity index (χ2v) is 7.68. The van der Waals surface area contributed by atoms with E-state index in [-0.39, 0.29) is 0 Å². The second-order valence-electron chi connectivity index (χ2n) is 5.68. The standard InChI is InChI=1S/C13H18F4N2O2S/c1-8(19-22(20)12(2,3)4)9-5-10(14)11(18-6-9)21-7-13(15,16)17/h5-6,8,19H,7H2,1-4H3/t8?,22-/m1/s1. The number of nitrogens with zero attached hydrogens (tertiary/aromatic N) is 1. The fraction of sp³-hybridized carbons (Fsp3) is 0.615. The maximum atomic E-state index is 13.7. The topological polar surface area (TPSA) is 51.2 Å². The maximum Gasteiger partial charge on any atom is 0.422 e. The fourth-order valence-electron chi connectivity index (χ4n) is 1.34. The zero-order chi connectivity index (χ0) is 17.1. The molecule has 0 aromatic carbocycles. The Hall–Kier alpha value is -1.22. The molecule has 0 fully saturated rings. The average Bonchev–Trinajstić information content (AvgIpc) is 2.34. The van der Waals surface area contributed by atoms with Gasteiger partial charge in [0.2, 0.25) is 0 Å². The Balaban J connectivity index is 2.78. The van der Waals surface area contributed by atoms with Crippen molar-refractivity contribution in [3.8, 4) is 5.88 Å². The van der Waals surface area contributed by atoms with Crippen LogP contribution >= 0.6 is 0 Å². The van der Waals surface area contributed by atoms with Crippen molar-refractivity contribution in [1.29, 1.82) is 0 Å². The van der Waals surface area contributed by atoms with Gasteiger partial charge in [0, 0.05) is 12.2 Å². The molecule has 0 saturated carbocycles. The predicted octanol–water partition coefficient (Wildman–Crippen LogP) is 3.27. The highest BCUT2D eigenvalue weighted by Gasteiger charge is 2.29. The summed E-state index contributed by atoms with van der Waals surface area (Å²) in [4.78, 5) is 3.54. The Kier molecular flexibility index (Phi) is 5.91. The third-order valence-corrected chi connectivity index (χ3v) is 4.22. The van der Waals surface area contributed by atoms with Crippen molar-refractivity contribution >= 4 is 11.0 Å². The lowest BCUT2D eigenvalue weighted by Crippen LogP contribution is -2.34. The summed E-state index contributed by atoms with van der Waals surface area (Å²) >= 11 is 0. The van der Waals surface area contributed by atoms with Crippen LogP contribution in [0.1, 0.15) is 39.3 Å². The van der Waals surface area contributed by atoms with Gasteiger partial charge in [-0.15, -0.1) is 0 Å². The molecule has 1 N–H and O–H groups in total. The minimum absolute atomic E-state index is 0.356. The van der Waals surface area contributed by atoms with Crippen LogP contribution in [0, 0.1) is 5.82 Å². The van der Waals surface area contributed by atoms with Crippen LogP contribution in [0.25, 0.3) is 0 Å². The molecular weight excluding hydrogens is 324 g/mol. The number of hydrogen-bond acceptors (Lipinski definition) is 3. The maximum absolute atomic E-state index is 13.7. The van der Waals surface area contributed by atoms with Crippen LogP contribution < -0.4 is 9.46 Å². The molecule has 1 rings (SSSR count). The summed E-state index contributed by atoms with van der Waals surface area (Å²) in [5.74, 6) is -1.72. The van der Waals surface area contributed by atoms with Gasteiger partial charge in [0.15, 0.2) is 12.4 Å². The van der Waals surface area contributed by atoms with Crippen molar-refractivity contribution in [2.24, 2.45) is 0 Å². The van der Waals surface area contributed by atoms with Gasteiger partial charge in [-0.1, -0.05) is 0 Å². The van der Waals surface area contributed by atoms with E-state index in [1.54, 1.807) is 27.7 Å². The average molecular weight is 342 g/mol. The van der Waals surface area contributed by atoms with E-state index in [0.717, 1.165) is 6.07 Å². The number of hydrogen-bond donors (Lipinski definition) is 1. The summed E-state index contributed by atoms with van der Waals surface area (Å²) in [5.41, 5.74) is 0.356. The fourth-order valence-corrected chi connectivity index (χ4v) is 2.15. The van der Waals surface area contributed by atoms with E-state index in [2.05, 4.69) is 14.4 Å². The highest BCUT2D eigenvalue weighted by atomic mass is 32.2. The molecule has 22 heavy (non-hydrogen) atoms. The molecule has 126 valence electrons. The molecule has 1 aromatic heterocycles. The van der Waals surface area contributed by atoms with Crippen molar-refractivity contribution in [2.75, 3.05) is 6.61 Å². The Morgan fingerprint density at radius 1 is 1.36 bits per heavy atom. The Morgan fingerprint density at radius 3 is 2.41 bits per heavy atom. The van der Waals surface area contributed by atoms with Crippen molar-refractivity contribution in [1.82, 2.24) is 9.71 Å². The molecule has 0 amide bonds. The first-order valence-corrected chi connectivity index (χ1v) is 7.58. The van der Waals surface area contributed by atoms with E-state index in [4.69, 9.17) is 0 Å². The van der Waals surface area contributed by atoms with Crippen LogP contribution in [0.5, 0.6) is 5.88 Å². The molecule has 0 aliphatic rings. The van der Waals surface area contributed by atoms with Gasteiger partial charge in [-0.2, -0.15) is 13.2 Å². The van der Waals surface area contributed by atoms with Crippen molar-refractivity contribution in [2.45, 2.75) is 44.7 Å². The third kappa shape index (κ3) is 5.88. The molecule has 0 aliphatic heterocycles. The minimum atomic E-state index is -4.56. The lowest BCUT2D eigenvalue weighted by Gasteiger charge is -2.22.